The van der Waals surface area contributed by atoms with Crippen LogP contribution in [-0.4, -0.2) is 40.5 Å². The molecule has 1 aliphatic rings. The van der Waals surface area contributed by atoms with Crippen LogP contribution in [0.25, 0.3) is 0 Å². The molecule has 0 unspecified atom stereocenters. The molecule has 0 aliphatic heterocycles. The Hall–Kier alpha value is -1.62. The molecule has 0 radical (unpaired) electrons. The minimum Gasteiger partial charge on any atom is -0.493 e. The smallest absolute Gasteiger partial charge is 0.203 e. The van der Waals surface area contributed by atoms with Gasteiger partial charge < -0.3 is 24.8 Å². The topological polar surface area (TPSA) is 57.0 Å². The van der Waals surface area contributed by atoms with Gasteiger partial charge in [-0.2, -0.15) is 0 Å². The monoisotopic (exact) mass is 266 g/mol. The van der Waals surface area contributed by atoms with Crippen molar-refractivity contribution in [2.45, 2.75) is 18.4 Å². The van der Waals surface area contributed by atoms with Crippen molar-refractivity contribution in [2.24, 2.45) is 5.73 Å². The minimum atomic E-state index is -0.0326. The normalized spacial score (nSPS) is 15.8. The fraction of sp³-hybridized carbons (Fsp3) is 0.571. The fourth-order valence-corrected chi connectivity index (χ4v) is 2.17. The van der Waals surface area contributed by atoms with E-state index in [0.29, 0.717) is 17.2 Å². The second kappa shape index (κ2) is 5.17. The molecule has 2 rings (SSSR count). The number of methoxy groups -OCH3 is 3. The van der Waals surface area contributed by atoms with Crippen molar-refractivity contribution >= 4 is 5.69 Å². The van der Waals surface area contributed by atoms with Gasteiger partial charge in [-0.15, -0.1) is 0 Å². The molecule has 0 aromatic heterocycles. The lowest BCUT2D eigenvalue weighted by Crippen LogP contribution is -2.37. The molecule has 1 aromatic carbocycles. The van der Waals surface area contributed by atoms with Crippen LogP contribution in [0.2, 0.25) is 0 Å². The van der Waals surface area contributed by atoms with Crippen molar-refractivity contribution in [1.29, 1.82) is 0 Å². The van der Waals surface area contributed by atoms with Crippen molar-refractivity contribution in [2.75, 3.05) is 39.8 Å². The summed E-state index contributed by atoms with van der Waals surface area (Å²) in [6.07, 6.45) is 2.17. The Balaban J connectivity index is 2.29. The highest BCUT2D eigenvalue weighted by Crippen LogP contribution is 2.42. The molecule has 5 nitrogen and oxygen atoms in total. The number of benzene rings is 1. The molecule has 19 heavy (non-hydrogen) atoms. The van der Waals surface area contributed by atoms with E-state index in [1.165, 1.54) is 0 Å². The summed E-state index contributed by atoms with van der Waals surface area (Å²) in [4.78, 5) is 2.12. The largest absolute Gasteiger partial charge is 0.493 e. The van der Waals surface area contributed by atoms with Gasteiger partial charge in [-0.1, -0.05) is 0 Å². The molecule has 106 valence electrons. The minimum absolute atomic E-state index is 0.0326. The van der Waals surface area contributed by atoms with Crippen LogP contribution in [-0.2, 0) is 0 Å². The number of rotatable bonds is 6. The van der Waals surface area contributed by atoms with Crippen LogP contribution in [0.15, 0.2) is 12.1 Å². The van der Waals surface area contributed by atoms with Gasteiger partial charge in [0.05, 0.1) is 21.3 Å². The second-order valence-corrected chi connectivity index (χ2v) is 5.10. The van der Waals surface area contributed by atoms with Gasteiger partial charge in [0.2, 0.25) is 5.75 Å². The molecule has 5 heteroatoms. The lowest BCUT2D eigenvalue weighted by molar-refractivity contribution is 0.324. The van der Waals surface area contributed by atoms with Crippen LogP contribution >= 0.6 is 0 Å². The van der Waals surface area contributed by atoms with E-state index >= 15 is 0 Å². The standard InChI is InChI=1S/C14H22N2O3/c1-16(9-14(15)5-6-14)10-7-11(17-2)13(19-4)12(8-10)18-3/h7-8H,5-6,9,15H2,1-4H3. The molecule has 2 N–H and O–H groups in total. The Labute approximate surface area is 114 Å². The van der Waals surface area contributed by atoms with Crippen LogP contribution in [0.1, 0.15) is 12.8 Å². The summed E-state index contributed by atoms with van der Waals surface area (Å²) in [6.45, 7) is 0.825. The number of hydrogen-bond donors (Lipinski definition) is 1. The van der Waals surface area contributed by atoms with Crippen LogP contribution in [0.3, 0.4) is 0 Å². The lowest BCUT2D eigenvalue weighted by Gasteiger charge is -2.25. The Bertz CT molecular complexity index is 433. The Morgan fingerprint density at radius 3 is 2.00 bits per heavy atom. The first-order valence-corrected chi connectivity index (χ1v) is 6.33. The summed E-state index contributed by atoms with van der Waals surface area (Å²) in [5, 5.41) is 0. The van der Waals surface area contributed by atoms with E-state index in [1.54, 1.807) is 21.3 Å². The van der Waals surface area contributed by atoms with E-state index in [0.717, 1.165) is 25.1 Å². The van der Waals surface area contributed by atoms with E-state index in [-0.39, 0.29) is 5.54 Å². The Morgan fingerprint density at radius 2 is 1.63 bits per heavy atom. The molecule has 1 aromatic rings. The molecule has 1 aliphatic carbocycles. The fourth-order valence-electron chi connectivity index (χ4n) is 2.17. The molecule has 1 fully saturated rings. The first-order valence-electron chi connectivity index (χ1n) is 6.33. The summed E-state index contributed by atoms with van der Waals surface area (Å²) < 4.78 is 16.0. The predicted molar refractivity (Wildman–Crippen MR) is 75.5 cm³/mol. The summed E-state index contributed by atoms with van der Waals surface area (Å²) in [5.41, 5.74) is 7.13. The van der Waals surface area contributed by atoms with Crippen molar-refractivity contribution in [3.63, 3.8) is 0 Å². The third-order valence-corrected chi connectivity index (χ3v) is 3.53. The molecular formula is C14H22N2O3. The molecule has 0 saturated heterocycles. The maximum Gasteiger partial charge on any atom is 0.203 e. The average Bonchev–Trinajstić information content (AvgIpc) is 3.14. The highest BCUT2D eigenvalue weighted by atomic mass is 16.5. The molecular weight excluding hydrogens is 244 g/mol. The quantitative estimate of drug-likeness (QED) is 0.848. The third-order valence-electron chi connectivity index (χ3n) is 3.53. The van der Waals surface area contributed by atoms with Crippen molar-refractivity contribution in [1.82, 2.24) is 0 Å². The first-order chi connectivity index (χ1) is 9.03. The van der Waals surface area contributed by atoms with Gasteiger partial charge in [0.1, 0.15) is 0 Å². The lowest BCUT2D eigenvalue weighted by atomic mass is 10.2. The number of hydrogen-bond acceptors (Lipinski definition) is 5. The average molecular weight is 266 g/mol. The van der Waals surface area contributed by atoms with Crippen LogP contribution in [0.4, 0.5) is 5.69 Å². The Morgan fingerprint density at radius 1 is 1.11 bits per heavy atom. The number of nitrogens with zero attached hydrogens (tertiary/aromatic N) is 1. The SMILES string of the molecule is COc1cc(N(C)CC2(N)CC2)cc(OC)c1OC. The van der Waals surface area contributed by atoms with E-state index in [1.807, 2.05) is 19.2 Å². The zero-order valence-corrected chi connectivity index (χ0v) is 12.0. The van der Waals surface area contributed by atoms with Crippen molar-refractivity contribution < 1.29 is 14.2 Å². The maximum absolute atomic E-state index is 6.15. The summed E-state index contributed by atoms with van der Waals surface area (Å²) in [5.74, 6) is 1.92. The molecule has 0 bridgehead atoms. The summed E-state index contributed by atoms with van der Waals surface area (Å²) >= 11 is 0. The maximum atomic E-state index is 6.15. The van der Waals surface area contributed by atoms with Crippen molar-refractivity contribution in [3.8, 4) is 17.2 Å². The highest BCUT2D eigenvalue weighted by Gasteiger charge is 2.39. The second-order valence-electron chi connectivity index (χ2n) is 5.10. The van der Waals surface area contributed by atoms with E-state index in [2.05, 4.69) is 4.90 Å². The molecule has 0 atom stereocenters. The van der Waals surface area contributed by atoms with Crippen LogP contribution in [0.5, 0.6) is 17.2 Å². The van der Waals surface area contributed by atoms with E-state index in [4.69, 9.17) is 19.9 Å². The van der Waals surface area contributed by atoms with E-state index in [9.17, 15) is 0 Å². The zero-order valence-electron chi connectivity index (χ0n) is 12.0. The van der Waals surface area contributed by atoms with Gasteiger partial charge in [-0.3, -0.25) is 0 Å². The van der Waals surface area contributed by atoms with Gasteiger partial charge in [0.15, 0.2) is 11.5 Å². The molecule has 0 heterocycles. The molecule has 1 saturated carbocycles. The van der Waals surface area contributed by atoms with Gasteiger partial charge in [-0.25, -0.2) is 0 Å². The van der Waals surface area contributed by atoms with E-state index < -0.39 is 0 Å². The van der Waals surface area contributed by atoms with Gasteiger partial charge in [0, 0.05) is 37.0 Å². The van der Waals surface area contributed by atoms with Gasteiger partial charge >= 0.3 is 0 Å². The number of nitrogens with two attached hydrogens (primary N) is 1. The highest BCUT2D eigenvalue weighted by molar-refractivity contribution is 5.63. The first kappa shape index (κ1) is 13.8. The van der Waals surface area contributed by atoms with Crippen molar-refractivity contribution in [3.05, 3.63) is 12.1 Å². The number of anilines is 1. The van der Waals surface area contributed by atoms with Crippen LogP contribution in [0, 0.1) is 0 Å². The number of likely N-dealkylation sites (N-methyl/N-ethyl adjacent to an activating group) is 1. The number of ether oxygens (including phenoxy) is 3. The third kappa shape index (κ3) is 2.87. The summed E-state index contributed by atoms with van der Waals surface area (Å²) in [7, 11) is 6.86. The molecule has 0 spiro atoms. The predicted octanol–water partition coefficient (Wildman–Crippen LogP) is 1.64. The summed E-state index contributed by atoms with van der Waals surface area (Å²) in [6, 6.07) is 3.88. The Kier molecular flexibility index (Phi) is 3.75. The van der Waals surface area contributed by atoms with Crippen LogP contribution < -0.4 is 24.8 Å². The van der Waals surface area contributed by atoms with Gasteiger partial charge in [-0.05, 0) is 12.8 Å². The molecule has 0 amide bonds. The zero-order chi connectivity index (χ0) is 14.0. The van der Waals surface area contributed by atoms with Gasteiger partial charge in [0.25, 0.3) is 0 Å².